The predicted molar refractivity (Wildman–Crippen MR) is 75.5 cm³/mol. The molecule has 17 heavy (non-hydrogen) atoms. The van der Waals surface area contributed by atoms with E-state index in [1.807, 2.05) is 0 Å². The van der Waals surface area contributed by atoms with E-state index in [9.17, 15) is 0 Å². The average molecular weight is 241 g/mol. The van der Waals surface area contributed by atoms with Crippen LogP contribution in [0.3, 0.4) is 0 Å². The van der Waals surface area contributed by atoms with Crippen molar-refractivity contribution in [2.75, 3.05) is 32.7 Å². The molecule has 0 saturated carbocycles. The number of nitrogens with zero attached hydrogens (tertiary/aromatic N) is 1. The van der Waals surface area contributed by atoms with E-state index in [4.69, 9.17) is 0 Å². The molecule has 2 atom stereocenters. The minimum absolute atomic E-state index is 0.655. The van der Waals surface area contributed by atoms with E-state index in [0.29, 0.717) is 6.04 Å². The van der Waals surface area contributed by atoms with Gasteiger partial charge >= 0.3 is 0 Å². The third kappa shape index (κ3) is 6.39. The van der Waals surface area contributed by atoms with Crippen molar-refractivity contribution in [3.63, 3.8) is 0 Å². The molecule has 1 heterocycles. The Bertz CT molecular complexity index is 174. The topological polar surface area (TPSA) is 27.3 Å². The van der Waals surface area contributed by atoms with Crippen LogP contribution in [0.15, 0.2) is 0 Å². The van der Waals surface area contributed by atoms with Crippen molar-refractivity contribution in [2.24, 2.45) is 0 Å². The normalized spacial score (nSPS) is 22.2. The molecule has 0 bridgehead atoms. The van der Waals surface area contributed by atoms with Gasteiger partial charge in [-0.2, -0.15) is 0 Å². The second-order valence-electron chi connectivity index (χ2n) is 5.26. The van der Waals surface area contributed by atoms with Crippen molar-refractivity contribution in [2.45, 2.75) is 58.5 Å². The summed E-state index contributed by atoms with van der Waals surface area (Å²) in [4.78, 5) is 2.49. The molecule has 102 valence electrons. The quantitative estimate of drug-likeness (QED) is 0.603. The Morgan fingerprint density at radius 2 is 2.12 bits per heavy atom. The van der Waals surface area contributed by atoms with Gasteiger partial charge in [0, 0.05) is 12.1 Å². The maximum absolute atomic E-state index is 3.65. The highest BCUT2D eigenvalue weighted by molar-refractivity contribution is 4.78. The molecule has 3 nitrogen and oxygen atoms in total. The monoisotopic (exact) mass is 241 g/mol. The maximum Gasteiger partial charge on any atom is 0.00822 e. The highest BCUT2D eigenvalue weighted by Crippen LogP contribution is 2.10. The van der Waals surface area contributed by atoms with Crippen LogP contribution in [0.4, 0.5) is 0 Å². The third-order valence-corrected chi connectivity index (χ3v) is 3.84. The molecule has 0 amide bonds. The van der Waals surface area contributed by atoms with Crippen LogP contribution < -0.4 is 10.6 Å². The smallest absolute Gasteiger partial charge is 0.00822 e. The van der Waals surface area contributed by atoms with Gasteiger partial charge in [-0.25, -0.2) is 0 Å². The van der Waals surface area contributed by atoms with Gasteiger partial charge in [-0.1, -0.05) is 13.8 Å². The summed E-state index contributed by atoms with van der Waals surface area (Å²) in [5.74, 6) is 0. The molecule has 1 saturated heterocycles. The first kappa shape index (κ1) is 14.9. The highest BCUT2D eigenvalue weighted by atomic mass is 15.1. The van der Waals surface area contributed by atoms with Crippen LogP contribution in [0.25, 0.3) is 0 Å². The largest absolute Gasteiger partial charge is 0.314 e. The van der Waals surface area contributed by atoms with Crippen molar-refractivity contribution in [3.8, 4) is 0 Å². The molecule has 3 heteroatoms. The van der Waals surface area contributed by atoms with E-state index in [2.05, 4.69) is 36.3 Å². The summed E-state index contributed by atoms with van der Waals surface area (Å²) in [6, 6.07) is 1.42. The lowest BCUT2D eigenvalue weighted by Crippen LogP contribution is -2.35. The molecule has 0 aliphatic carbocycles. The molecule has 1 fully saturated rings. The van der Waals surface area contributed by atoms with Gasteiger partial charge in [-0.05, 0) is 65.3 Å². The Morgan fingerprint density at radius 3 is 2.71 bits per heavy atom. The van der Waals surface area contributed by atoms with Gasteiger partial charge in [0.1, 0.15) is 0 Å². The van der Waals surface area contributed by atoms with E-state index < -0.39 is 0 Å². The number of nitrogens with one attached hydrogen (secondary N) is 2. The van der Waals surface area contributed by atoms with Gasteiger partial charge in [0.05, 0.1) is 0 Å². The van der Waals surface area contributed by atoms with E-state index in [1.54, 1.807) is 0 Å². The second kappa shape index (κ2) is 8.90. The molecule has 2 N–H and O–H groups in total. The van der Waals surface area contributed by atoms with Crippen molar-refractivity contribution in [3.05, 3.63) is 0 Å². The highest BCUT2D eigenvalue weighted by Gasteiger charge is 2.16. The fourth-order valence-electron chi connectivity index (χ4n) is 2.66. The number of rotatable bonds is 9. The molecule has 1 rings (SSSR count). The van der Waals surface area contributed by atoms with Gasteiger partial charge in [0.15, 0.2) is 0 Å². The van der Waals surface area contributed by atoms with E-state index in [0.717, 1.165) is 12.6 Å². The lowest BCUT2D eigenvalue weighted by molar-refractivity contribution is 0.294. The number of hydrogen-bond acceptors (Lipinski definition) is 3. The molecule has 0 aromatic carbocycles. The van der Waals surface area contributed by atoms with E-state index in [1.165, 1.54) is 51.9 Å². The summed E-state index contributed by atoms with van der Waals surface area (Å²) in [6.45, 7) is 12.8. The summed E-state index contributed by atoms with van der Waals surface area (Å²) >= 11 is 0. The second-order valence-corrected chi connectivity index (χ2v) is 5.26. The predicted octanol–water partition coefficient (Wildman–Crippen LogP) is 1.84. The zero-order valence-electron chi connectivity index (χ0n) is 12.0. The summed E-state index contributed by atoms with van der Waals surface area (Å²) in [5.41, 5.74) is 0. The first-order valence-electron chi connectivity index (χ1n) is 7.45. The van der Waals surface area contributed by atoms with Gasteiger partial charge < -0.3 is 15.5 Å². The van der Waals surface area contributed by atoms with Gasteiger partial charge in [-0.15, -0.1) is 0 Å². The summed E-state index contributed by atoms with van der Waals surface area (Å²) in [6.07, 6.45) is 5.28. The SMILES string of the molecule is CCN(CC)CCCNC(C)CC1CCCN1. The Balaban J connectivity index is 1.97. The zero-order valence-corrected chi connectivity index (χ0v) is 12.0. The molecular formula is C14H31N3. The standard InChI is InChI=1S/C14H31N3/c1-4-17(5-2)11-7-10-15-13(3)12-14-8-6-9-16-14/h13-16H,4-12H2,1-3H3. The van der Waals surface area contributed by atoms with Crippen LogP contribution >= 0.6 is 0 Å². The minimum Gasteiger partial charge on any atom is -0.314 e. The first-order valence-corrected chi connectivity index (χ1v) is 7.45. The van der Waals surface area contributed by atoms with Crippen LogP contribution in [0.5, 0.6) is 0 Å². The Hall–Kier alpha value is -0.120. The van der Waals surface area contributed by atoms with E-state index in [-0.39, 0.29) is 0 Å². The molecule has 1 aliphatic rings. The Labute approximate surface area is 107 Å². The van der Waals surface area contributed by atoms with Crippen LogP contribution in [0, 0.1) is 0 Å². The Kier molecular flexibility index (Phi) is 7.82. The van der Waals surface area contributed by atoms with Crippen molar-refractivity contribution in [1.82, 2.24) is 15.5 Å². The first-order chi connectivity index (χ1) is 8.26. The summed E-state index contributed by atoms with van der Waals surface area (Å²) in [5, 5.41) is 7.21. The molecule has 0 radical (unpaired) electrons. The van der Waals surface area contributed by atoms with Crippen LogP contribution in [0.1, 0.15) is 46.5 Å². The molecule has 2 unspecified atom stereocenters. The van der Waals surface area contributed by atoms with Crippen molar-refractivity contribution >= 4 is 0 Å². The Morgan fingerprint density at radius 1 is 1.35 bits per heavy atom. The lowest BCUT2D eigenvalue weighted by atomic mass is 10.1. The molecule has 1 aliphatic heterocycles. The minimum atomic E-state index is 0.655. The molecule has 0 aromatic rings. The molecular weight excluding hydrogens is 210 g/mol. The van der Waals surface area contributed by atoms with Gasteiger partial charge in [-0.3, -0.25) is 0 Å². The molecule has 0 aromatic heterocycles. The van der Waals surface area contributed by atoms with E-state index >= 15 is 0 Å². The maximum atomic E-state index is 3.65. The summed E-state index contributed by atoms with van der Waals surface area (Å²) in [7, 11) is 0. The lowest BCUT2D eigenvalue weighted by Gasteiger charge is -2.20. The van der Waals surface area contributed by atoms with Crippen LogP contribution in [-0.4, -0.2) is 49.7 Å². The fourth-order valence-corrected chi connectivity index (χ4v) is 2.66. The average Bonchev–Trinajstić information content (AvgIpc) is 2.82. The van der Waals surface area contributed by atoms with Gasteiger partial charge in [0.2, 0.25) is 0 Å². The van der Waals surface area contributed by atoms with Gasteiger partial charge in [0.25, 0.3) is 0 Å². The summed E-state index contributed by atoms with van der Waals surface area (Å²) < 4.78 is 0. The van der Waals surface area contributed by atoms with Crippen molar-refractivity contribution < 1.29 is 0 Å². The van der Waals surface area contributed by atoms with Crippen LogP contribution in [-0.2, 0) is 0 Å². The fraction of sp³-hybridized carbons (Fsp3) is 1.00. The number of hydrogen-bond donors (Lipinski definition) is 2. The third-order valence-electron chi connectivity index (χ3n) is 3.84. The zero-order chi connectivity index (χ0) is 12.5. The van der Waals surface area contributed by atoms with Crippen molar-refractivity contribution in [1.29, 1.82) is 0 Å². The molecule has 0 spiro atoms. The van der Waals surface area contributed by atoms with Crippen LogP contribution in [0.2, 0.25) is 0 Å².